The molecule has 96 valence electrons. The Kier molecular flexibility index (Phi) is 2.85. The van der Waals surface area contributed by atoms with Crippen molar-refractivity contribution in [2.45, 2.75) is 38.6 Å². The van der Waals surface area contributed by atoms with Crippen molar-refractivity contribution in [2.75, 3.05) is 11.4 Å². The largest absolute Gasteiger partial charge is 0.352 e. The van der Waals surface area contributed by atoms with Crippen LogP contribution in [0.3, 0.4) is 0 Å². The summed E-state index contributed by atoms with van der Waals surface area (Å²) in [4.78, 5) is 11.1. The van der Waals surface area contributed by atoms with Gasteiger partial charge >= 0.3 is 0 Å². The summed E-state index contributed by atoms with van der Waals surface area (Å²) in [5, 5.41) is 8.25. The average molecular weight is 246 g/mol. The lowest BCUT2D eigenvalue weighted by molar-refractivity contribution is 0.447. The summed E-state index contributed by atoms with van der Waals surface area (Å²) in [5.41, 5.74) is 1.63. The van der Waals surface area contributed by atoms with Crippen molar-refractivity contribution in [1.29, 1.82) is 0 Å². The third kappa shape index (κ3) is 1.72. The molecule has 1 atom stereocenters. The predicted octanol–water partition coefficient (Wildman–Crippen LogP) is 1.53. The molecule has 2 aromatic rings. The van der Waals surface area contributed by atoms with Gasteiger partial charge in [-0.2, -0.15) is 0 Å². The Bertz CT molecular complexity index is 548. The molecule has 0 aliphatic carbocycles. The number of anilines is 1. The highest BCUT2D eigenvalue weighted by Gasteiger charge is 2.25. The van der Waals surface area contributed by atoms with Gasteiger partial charge in [0.15, 0.2) is 17.0 Å². The van der Waals surface area contributed by atoms with Gasteiger partial charge < -0.3 is 4.90 Å². The van der Waals surface area contributed by atoms with Crippen LogP contribution >= 0.6 is 0 Å². The second-order valence-corrected chi connectivity index (χ2v) is 4.83. The zero-order chi connectivity index (χ0) is 12.5. The van der Waals surface area contributed by atoms with Crippen LogP contribution < -0.4 is 4.90 Å². The minimum atomic E-state index is 0.568. The first-order valence-electron chi connectivity index (χ1n) is 6.58. The van der Waals surface area contributed by atoms with E-state index in [2.05, 4.69) is 32.1 Å². The molecule has 0 aromatic carbocycles. The molecular weight excluding hydrogens is 228 g/mol. The van der Waals surface area contributed by atoms with E-state index in [0.717, 1.165) is 29.9 Å². The first-order chi connectivity index (χ1) is 8.81. The zero-order valence-electron chi connectivity index (χ0n) is 10.9. The molecule has 0 amide bonds. The van der Waals surface area contributed by atoms with Crippen LogP contribution in [0.25, 0.3) is 11.2 Å². The predicted molar refractivity (Wildman–Crippen MR) is 69.4 cm³/mol. The average Bonchev–Trinajstić information content (AvgIpc) is 2.81. The number of hydrogen-bond acceptors (Lipinski definition) is 5. The minimum Gasteiger partial charge on any atom is -0.352 e. The summed E-state index contributed by atoms with van der Waals surface area (Å²) >= 11 is 0. The summed E-state index contributed by atoms with van der Waals surface area (Å²) in [6.45, 7) is 3.29. The van der Waals surface area contributed by atoms with Crippen LogP contribution in [0, 0.1) is 0 Å². The highest BCUT2D eigenvalue weighted by atomic mass is 15.4. The summed E-state index contributed by atoms with van der Waals surface area (Å²) in [5.74, 6) is 0.944. The van der Waals surface area contributed by atoms with Gasteiger partial charge in [0.25, 0.3) is 0 Å². The van der Waals surface area contributed by atoms with Gasteiger partial charge in [-0.25, -0.2) is 14.6 Å². The molecule has 0 N–H and O–H groups in total. The van der Waals surface area contributed by atoms with Crippen molar-refractivity contribution in [1.82, 2.24) is 25.0 Å². The number of fused-ring (bicyclic) bond motifs is 1. The van der Waals surface area contributed by atoms with E-state index in [1.165, 1.54) is 19.3 Å². The number of rotatable bonds is 2. The van der Waals surface area contributed by atoms with Gasteiger partial charge in [0, 0.05) is 19.6 Å². The van der Waals surface area contributed by atoms with E-state index in [-0.39, 0.29) is 0 Å². The van der Waals surface area contributed by atoms with Crippen LogP contribution in [-0.4, -0.2) is 37.5 Å². The SMILES string of the molecule is CC[C@H]1CCCCN1c1ncnc2c1nnn2C. The monoisotopic (exact) mass is 246 g/mol. The van der Waals surface area contributed by atoms with Gasteiger partial charge in [-0.15, -0.1) is 5.10 Å². The maximum Gasteiger partial charge on any atom is 0.183 e. The van der Waals surface area contributed by atoms with Crippen LogP contribution in [0.4, 0.5) is 5.82 Å². The lowest BCUT2D eigenvalue weighted by Crippen LogP contribution is -2.39. The van der Waals surface area contributed by atoms with Crippen molar-refractivity contribution in [3.05, 3.63) is 6.33 Å². The normalized spacial score (nSPS) is 20.6. The van der Waals surface area contributed by atoms with Gasteiger partial charge in [0.2, 0.25) is 0 Å². The quantitative estimate of drug-likeness (QED) is 0.804. The molecule has 2 aromatic heterocycles. The molecule has 3 heterocycles. The Morgan fingerprint density at radius 2 is 2.22 bits per heavy atom. The fourth-order valence-corrected chi connectivity index (χ4v) is 2.76. The molecule has 0 spiro atoms. The highest BCUT2D eigenvalue weighted by Crippen LogP contribution is 2.28. The number of aromatic nitrogens is 5. The number of hydrogen-bond donors (Lipinski definition) is 0. The Hall–Kier alpha value is -1.72. The van der Waals surface area contributed by atoms with Crippen molar-refractivity contribution >= 4 is 17.0 Å². The van der Waals surface area contributed by atoms with Crippen LogP contribution in [0.1, 0.15) is 32.6 Å². The Labute approximate surface area is 106 Å². The van der Waals surface area contributed by atoms with E-state index in [1.54, 1.807) is 11.0 Å². The van der Waals surface area contributed by atoms with Crippen LogP contribution in [0.5, 0.6) is 0 Å². The van der Waals surface area contributed by atoms with E-state index >= 15 is 0 Å². The number of aryl methyl sites for hydroxylation is 1. The first-order valence-corrected chi connectivity index (χ1v) is 6.58. The van der Waals surface area contributed by atoms with Gasteiger partial charge in [-0.1, -0.05) is 12.1 Å². The van der Waals surface area contributed by atoms with Crippen molar-refractivity contribution in [3.8, 4) is 0 Å². The maximum absolute atomic E-state index is 4.44. The molecule has 0 saturated carbocycles. The van der Waals surface area contributed by atoms with Gasteiger partial charge in [0.05, 0.1) is 0 Å². The van der Waals surface area contributed by atoms with Gasteiger partial charge in [-0.3, -0.25) is 0 Å². The molecule has 0 bridgehead atoms. The topological polar surface area (TPSA) is 59.7 Å². The van der Waals surface area contributed by atoms with Crippen LogP contribution in [0.2, 0.25) is 0 Å². The molecule has 1 aliphatic rings. The molecular formula is C12H18N6. The second kappa shape index (κ2) is 4.51. The third-order valence-corrected chi connectivity index (χ3v) is 3.74. The fraction of sp³-hybridized carbons (Fsp3) is 0.667. The molecule has 6 heteroatoms. The molecule has 0 unspecified atom stereocenters. The Morgan fingerprint density at radius 3 is 3.06 bits per heavy atom. The lowest BCUT2D eigenvalue weighted by Gasteiger charge is -2.35. The molecule has 3 rings (SSSR count). The lowest BCUT2D eigenvalue weighted by atomic mass is 10.00. The first kappa shape index (κ1) is 11.4. The summed E-state index contributed by atoms with van der Waals surface area (Å²) < 4.78 is 1.70. The Morgan fingerprint density at radius 1 is 1.33 bits per heavy atom. The van der Waals surface area contributed by atoms with E-state index in [9.17, 15) is 0 Å². The van der Waals surface area contributed by atoms with Crippen LogP contribution in [0.15, 0.2) is 6.33 Å². The van der Waals surface area contributed by atoms with Gasteiger partial charge in [0.1, 0.15) is 6.33 Å². The van der Waals surface area contributed by atoms with Crippen molar-refractivity contribution in [2.24, 2.45) is 7.05 Å². The zero-order valence-corrected chi connectivity index (χ0v) is 10.9. The van der Waals surface area contributed by atoms with E-state index in [4.69, 9.17) is 0 Å². The molecule has 1 fully saturated rings. The fourth-order valence-electron chi connectivity index (χ4n) is 2.76. The maximum atomic E-state index is 4.44. The van der Waals surface area contributed by atoms with Gasteiger partial charge in [-0.05, 0) is 25.7 Å². The van der Waals surface area contributed by atoms with E-state index in [1.807, 2.05) is 7.05 Å². The highest BCUT2D eigenvalue weighted by molar-refractivity contribution is 5.82. The molecule has 0 radical (unpaired) electrons. The van der Waals surface area contributed by atoms with E-state index in [0.29, 0.717) is 6.04 Å². The summed E-state index contributed by atoms with van der Waals surface area (Å²) in [7, 11) is 1.86. The summed E-state index contributed by atoms with van der Waals surface area (Å²) in [6, 6.07) is 0.568. The molecule has 6 nitrogen and oxygen atoms in total. The number of piperidine rings is 1. The van der Waals surface area contributed by atoms with Crippen molar-refractivity contribution < 1.29 is 0 Å². The number of nitrogens with zero attached hydrogens (tertiary/aromatic N) is 6. The molecule has 1 saturated heterocycles. The Balaban J connectivity index is 2.07. The molecule has 1 aliphatic heterocycles. The van der Waals surface area contributed by atoms with E-state index < -0.39 is 0 Å². The second-order valence-electron chi connectivity index (χ2n) is 4.83. The molecule has 18 heavy (non-hydrogen) atoms. The smallest absolute Gasteiger partial charge is 0.183 e. The standard InChI is InChI=1S/C12H18N6/c1-3-9-6-4-5-7-18(9)12-10-11(13-8-14-12)17(2)16-15-10/h8-9H,3-7H2,1-2H3/t9-/m0/s1. The van der Waals surface area contributed by atoms with Crippen molar-refractivity contribution in [3.63, 3.8) is 0 Å². The summed E-state index contributed by atoms with van der Waals surface area (Å²) in [6.07, 6.45) is 6.53. The third-order valence-electron chi connectivity index (χ3n) is 3.74. The van der Waals surface area contributed by atoms with Crippen LogP contribution in [-0.2, 0) is 7.05 Å². The minimum absolute atomic E-state index is 0.568.